The number of benzene rings is 2. The molecule has 8 nitrogen and oxygen atoms in total. The highest BCUT2D eigenvalue weighted by Crippen LogP contribution is 2.23. The van der Waals surface area contributed by atoms with E-state index in [0.717, 1.165) is 22.2 Å². The SMILES string of the molecule is Cc1[nH]c2ccc(F)cc2c1CCNC(=O)c1cc2cc([N+](=O)[O-])ccc2oc1=O. The maximum atomic E-state index is 13.6. The molecule has 1 amide bonds. The second-order valence-electron chi connectivity index (χ2n) is 6.85. The zero-order valence-electron chi connectivity index (χ0n) is 15.8. The third-order valence-electron chi connectivity index (χ3n) is 4.91. The molecule has 0 radical (unpaired) electrons. The van der Waals surface area contributed by atoms with Gasteiger partial charge < -0.3 is 14.7 Å². The smallest absolute Gasteiger partial charge is 0.349 e. The Morgan fingerprint density at radius 2 is 2.03 bits per heavy atom. The molecule has 0 unspecified atom stereocenters. The van der Waals surface area contributed by atoms with Gasteiger partial charge in [0, 0.05) is 40.7 Å². The fraction of sp³-hybridized carbons (Fsp3) is 0.143. The number of nitro benzene ring substituents is 1. The quantitative estimate of drug-likeness (QED) is 0.297. The van der Waals surface area contributed by atoms with Gasteiger partial charge in [0.1, 0.15) is 17.0 Å². The van der Waals surface area contributed by atoms with Crippen molar-refractivity contribution in [2.75, 3.05) is 6.54 Å². The van der Waals surface area contributed by atoms with E-state index >= 15 is 0 Å². The summed E-state index contributed by atoms with van der Waals surface area (Å²) >= 11 is 0. The van der Waals surface area contributed by atoms with Crippen molar-refractivity contribution in [1.82, 2.24) is 10.3 Å². The molecule has 0 atom stereocenters. The van der Waals surface area contributed by atoms with Gasteiger partial charge in [-0.05, 0) is 49.2 Å². The van der Waals surface area contributed by atoms with Crippen LogP contribution < -0.4 is 10.9 Å². The van der Waals surface area contributed by atoms with Gasteiger partial charge in [0.25, 0.3) is 11.6 Å². The van der Waals surface area contributed by atoms with Gasteiger partial charge in [-0.25, -0.2) is 9.18 Å². The van der Waals surface area contributed by atoms with E-state index in [1.807, 2.05) is 6.92 Å². The van der Waals surface area contributed by atoms with Crippen molar-refractivity contribution < 1.29 is 18.5 Å². The molecule has 0 aliphatic heterocycles. The van der Waals surface area contributed by atoms with Crippen molar-refractivity contribution >= 4 is 33.5 Å². The van der Waals surface area contributed by atoms with E-state index in [9.17, 15) is 24.1 Å². The third kappa shape index (κ3) is 3.52. The number of aromatic nitrogens is 1. The van der Waals surface area contributed by atoms with Gasteiger partial charge >= 0.3 is 5.63 Å². The summed E-state index contributed by atoms with van der Waals surface area (Å²) in [6.07, 6.45) is 0.422. The van der Waals surface area contributed by atoms with Crippen LogP contribution >= 0.6 is 0 Å². The third-order valence-corrected chi connectivity index (χ3v) is 4.91. The maximum Gasteiger partial charge on any atom is 0.349 e. The zero-order chi connectivity index (χ0) is 21.4. The molecule has 0 fully saturated rings. The van der Waals surface area contributed by atoms with Crippen molar-refractivity contribution in [2.45, 2.75) is 13.3 Å². The molecule has 9 heteroatoms. The Morgan fingerprint density at radius 3 is 2.80 bits per heavy atom. The minimum Gasteiger partial charge on any atom is -0.422 e. The number of nitrogens with one attached hydrogen (secondary N) is 2. The fourth-order valence-electron chi connectivity index (χ4n) is 3.46. The first kappa shape index (κ1) is 19.3. The molecule has 0 aliphatic carbocycles. The summed E-state index contributed by atoms with van der Waals surface area (Å²) in [6, 6.07) is 9.49. The monoisotopic (exact) mass is 409 g/mol. The van der Waals surface area contributed by atoms with E-state index in [-0.39, 0.29) is 34.6 Å². The normalized spacial score (nSPS) is 11.1. The predicted molar refractivity (Wildman–Crippen MR) is 108 cm³/mol. The standard InChI is InChI=1S/C21H16FN3O5/c1-11-15(16-10-13(22)2-4-18(16)24-11)6-7-23-20(26)17-9-12-8-14(25(28)29)3-5-19(12)30-21(17)27/h2-5,8-10,24H,6-7H2,1H3,(H,23,26). The van der Waals surface area contributed by atoms with E-state index in [2.05, 4.69) is 10.3 Å². The van der Waals surface area contributed by atoms with Gasteiger partial charge in [0.05, 0.1) is 4.92 Å². The van der Waals surface area contributed by atoms with Crippen LogP contribution in [0.2, 0.25) is 0 Å². The maximum absolute atomic E-state index is 13.6. The summed E-state index contributed by atoms with van der Waals surface area (Å²) in [6.45, 7) is 2.06. The van der Waals surface area contributed by atoms with Crippen molar-refractivity contribution in [3.8, 4) is 0 Å². The van der Waals surface area contributed by atoms with Crippen LogP contribution in [0.3, 0.4) is 0 Å². The molecule has 2 heterocycles. The van der Waals surface area contributed by atoms with Crippen LogP contribution in [0.1, 0.15) is 21.6 Å². The van der Waals surface area contributed by atoms with Crippen LogP contribution in [-0.4, -0.2) is 22.4 Å². The first-order chi connectivity index (χ1) is 14.3. The number of rotatable bonds is 5. The van der Waals surface area contributed by atoms with E-state index in [0.29, 0.717) is 6.42 Å². The number of hydrogen-bond donors (Lipinski definition) is 2. The Kier molecular flexibility index (Phi) is 4.78. The molecular formula is C21H16FN3O5. The summed E-state index contributed by atoms with van der Waals surface area (Å²) in [5.74, 6) is -1.00. The predicted octanol–water partition coefficient (Wildman–Crippen LogP) is 3.60. The Morgan fingerprint density at radius 1 is 1.23 bits per heavy atom. The minimum absolute atomic E-state index is 0.151. The van der Waals surface area contributed by atoms with Crippen LogP contribution in [0, 0.1) is 22.9 Å². The van der Waals surface area contributed by atoms with Crippen molar-refractivity contribution in [3.63, 3.8) is 0 Å². The van der Waals surface area contributed by atoms with Crippen LogP contribution in [0.5, 0.6) is 0 Å². The summed E-state index contributed by atoms with van der Waals surface area (Å²) < 4.78 is 18.7. The molecule has 0 spiro atoms. The lowest BCUT2D eigenvalue weighted by atomic mass is 10.1. The number of non-ortho nitro benzene ring substituents is 1. The lowest BCUT2D eigenvalue weighted by Crippen LogP contribution is -2.30. The lowest BCUT2D eigenvalue weighted by Gasteiger charge is -2.06. The summed E-state index contributed by atoms with van der Waals surface area (Å²) in [5, 5.41) is 14.6. The van der Waals surface area contributed by atoms with Crippen LogP contribution in [0.4, 0.5) is 10.1 Å². The second-order valence-corrected chi connectivity index (χ2v) is 6.85. The Bertz CT molecular complexity index is 1370. The largest absolute Gasteiger partial charge is 0.422 e. The number of hydrogen-bond acceptors (Lipinski definition) is 5. The van der Waals surface area contributed by atoms with Crippen LogP contribution in [-0.2, 0) is 6.42 Å². The van der Waals surface area contributed by atoms with Gasteiger partial charge in [-0.2, -0.15) is 0 Å². The van der Waals surface area contributed by atoms with E-state index in [1.54, 1.807) is 6.07 Å². The van der Waals surface area contributed by atoms with Gasteiger partial charge in [-0.3, -0.25) is 14.9 Å². The molecular weight excluding hydrogens is 393 g/mol. The van der Waals surface area contributed by atoms with Gasteiger partial charge in [-0.15, -0.1) is 0 Å². The second kappa shape index (κ2) is 7.43. The fourth-order valence-corrected chi connectivity index (χ4v) is 3.46. The molecule has 4 aromatic rings. The van der Waals surface area contributed by atoms with Gasteiger partial charge in [-0.1, -0.05) is 0 Å². The summed E-state index contributed by atoms with van der Waals surface area (Å²) in [7, 11) is 0. The van der Waals surface area contributed by atoms with E-state index in [1.165, 1.54) is 36.4 Å². The number of carbonyl (C=O) groups excluding carboxylic acids is 1. The average molecular weight is 409 g/mol. The van der Waals surface area contributed by atoms with Crippen LogP contribution in [0.15, 0.2) is 51.7 Å². The Labute approximate surface area is 168 Å². The molecule has 0 saturated heterocycles. The zero-order valence-corrected chi connectivity index (χ0v) is 15.8. The lowest BCUT2D eigenvalue weighted by molar-refractivity contribution is -0.384. The molecule has 4 rings (SSSR count). The van der Waals surface area contributed by atoms with E-state index in [4.69, 9.17) is 4.42 Å². The van der Waals surface area contributed by atoms with Crippen LogP contribution in [0.25, 0.3) is 21.9 Å². The molecule has 2 aromatic heterocycles. The highest BCUT2D eigenvalue weighted by molar-refractivity contribution is 5.97. The van der Waals surface area contributed by atoms with Gasteiger partial charge in [0.15, 0.2) is 0 Å². The molecule has 0 saturated carbocycles. The number of H-pyrrole nitrogens is 1. The average Bonchev–Trinajstić information content (AvgIpc) is 3.01. The van der Waals surface area contributed by atoms with E-state index < -0.39 is 16.5 Å². The first-order valence-electron chi connectivity index (χ1n) is 9.10. The van der Waals surface area contributed by atoms with Gasteiger partial charge in [0.2, 0.25) is 0 Å². The number of aromatic amines is 1. The molecule has 2 N–H and O–H groups in total. The first-order valence-corrected chi connectivity index (χ1v) is 9.10. The molecule has 2 aromatic carbocycles. The highest BCUT2D eigenvalue weighted by atomic mass is 19.1. The number of fused-ring (bicyclic) bond motifs is 2. The van der Waals surface area contributed by atoms with Crippen molar-refractivity contribution in [1.29, 1.82) is 0 Å². The number of aryl methyl sites for hydroxylation is 1. The van der Waals surface area contributed by atoms with Crippen molar-refractivity contribution in [2.24, 2.45) is 0 Å². The molecule has 152 valence electrons. The molecule has 0 aliphatic rings. The molecule has 0 bridgehead atoms. The number of nitrogens with zero attached hydrogens (tertiary/aromatic N) is 1. The number of nitro groups is 1. The Balaban J connectivity index is 1.54. The van der Waals surface area contributed by atoms with Crippen molar-refractivity contribution in [3.05, 3.63) is 85.6 Å². The highest BCUT2D eigenvalue weighted by Gasteiger charge is 2.16. The summed E-state index contributed by atoms with van der Waals surface area (Å²) in [4.78, 5) is 38.2. The number of carbonyl (C=O) groups is 1. The molecule has 30 heavy (non-hydrogen) atoms. The summed E-state index contributed by atoms with van der Waals surface area (Å²) in [5.41, 5.74) is 1.42. The number of halogens is 1. The number of amides is 1. The topological polar surface area (TPSA) is 118 Å². The Hall–Kier alpha value is -4.01. The minimum atomic E-state index is -0.834.